The van der Waals surface area contributed by atoms with E-state index in [1.54, 1.807) is 0 Å². The van der Waals surface area contributed by atoms with Crippen LogP contribution in [0.1, 0.15) is 26.7 Å². The minimum atomic E-state index is 0.167. The van der Waals surface area contributed by atoms with Crippen LogP contribution in [0.3, 0.4) is 0 Å². The molecule has 0 fully saturated rings. The summed E-state index contributed by atoms with van der Waals surface area (Å²) in [4.78, 5) is 21.3. The van der Waals surface area contributed by atoms with Crippen molar-refractivity contribution in [3.8, 4) is 0 Å². The molecule has 6 nitrogen and oxygen atoms in total. The molecule has 0 radical (unpaired) electrons. The number of aromatic nitrogens is 2. The molecular weight excluding hydrogens is 266 g/mol. The second-order valence-electron chi connectivity index (χ2n) is 4.02. The van der Waals surface area contributed by atoms with Crippen molar-refractivity contribution < 1.29 is 4.79 Å². The third-order valence-corrected chi connectivity index (χ3v) is 3.17. The molecule has 7 heteroatoms. The molecule has 0 saturated heterocycles. The van der Waals surface area contributed by atoms with Crippen LogP contribution in [0, 0.1) is 0 Å². The first-order valence-electron chi connectivity index (χ1n) is 6.37. The lowest BCUT2D eigenvalue weighted by molar-refractivity contribution is -0.130. The number of amides is 1. The Morgan fingerprint density at radius 2 is 2.11 bits per heavy atom. The van der Waals surface area contributed by atoms with E-state index in [0.717, 1.165) is 19.5 Å². The predicted octanol–water partition coefficient (Wildman–Crippen LogP) is 1.77. The van der Waals surface area contributed by atoms with Gasteiger partial charge in [-0.25, -0.2) is 9.97 Å². The van der Waals surface area contributed by atoms with Crippen molar-refractivity contribution in [2.75, 3.05) is 30.7 Å². The van der Waals surface area contributed by atoms with Crippen LogP contribution in [0.5, 0.6) is 0 Å². The molecule has 0 aromatic carbocycles. The zero-order valence-corrected chi connectivity index (χ0v) is 12.1. The number of hydrogen-bond donors (Lipinski definition) is 2. The second-order valence-corrected chi connectivity index (χ2v) is 4.40. The highest BCUT2D eigenvalue weighted by molar-refractivity contribution is 6.35. The number of nitrogens with zero attached hydrogens (tertiary/aromatic N) is 3. The molecule has 1 aromatic rings. The molecule has 0 aliphatic carbocycles. The predicted molar refractivity (Wildman–Crippen MR) is 77.1 cm³/mol. The second kappa shape index (κ2) is 7.78. The average Bonchev–Trinajstić information content (AvgIpc) is 2.40. The van der Waals surface area contributed by atoms with Gasteiger partial charge >= 0.3 is 0 Å². The van der Waals surface area contributed by atoms with Crippen LogP contribution in [-0.4, -0.2) is 40.4 Å². The van der Waals surface area contributed by atoms with Gasteiger partial charge in [0.15, 0.2) is 0 Å². The fourth-order valence-corrected chi connectivity index (χ4v) is 1.85. The smallest absolute Gasteiger partial charge is 0.222 e. The summed E-state index contributed by atoms with van der Waals surface area (Å²) in [6.07, 6.45) is 2.58. The number of rotatable bonds is 7. The first kappa shape index (κ1) is 15.5. The summed E-state index contributed by atoms with van der Waals surface area (Å²) >= 11 is 5.94. The Morgan fingerprint density at radius 3 is 2.74 bits per heavy atom. The highest BCUT2D eigenvalue weighted by Crippen LogP contribution is 2.22. The zero-order chi connectivity index (χ0) is 14.3. The molecule has 1 heterocycles. The molecule has 1 amide bonds. The molecule has 0 aliphatic rings. The Bertz CT molecular complexity index is 423. The third-order valence-electron chi connectivity index (χ3n) is 2.79. The maximum absolute atomic E-state index is 11.8. The maximum Gasteiger partial charge on any atom is 0.222 e. The van der Waals surface area contributed by atoms with E-state index in [4.69, 9.17) is 17.3 Å². The molecule has 0 unspecified atom stereocenters. The summed E-state index contributed by atoms with van der Waals surface area (Å²) in [5, 5.41) is 3.37. The van der Waals surface area contributed by atoms with E-state index >= 15 is 0 Å². The van der Waals surface area contributed by atoms with E-state index in [2.05, 4.69) is 15.3 Å². The van der Waals surface area contributed by atoms with Gasteiger partial charge < -0.3 is 16.0 Å². The first-order valence-corrected chi connectivity index (χ1v) is 6.75. The van der Waals surface area contributed by atoms with Crippen LogP contribution in [0.4, 0.5) is 11.6 Å². The van der Waals surface area contributed by atoms with Crippen LogP contribution in [-0.2, 0) is 4.79 Å². The number of halogens is 1. The Kier molecular flexibility index (Phi) is 6.35. The highest BCUT2D eigenvalue weighted by atomic mass is 35.5. The van der Waals surface area contributed by atoms with E-state index in [1.165, 1.54) is 6.33 Å². The minimum Gasteiger partial charge on any atom is -0.382 e. The molecule has 3 N–H and O–H groups in total. The quantitative estimate of drug-likeness (QED) is 0.746. The zero-order valence-electron chi connectivity index (χ0n) is 11.3. The fraction of sp³-hybridized carbons (Fsp3) is 0.583. The summed E-state index contributed by atoms with van der Waals surface area (Å²) in [5.41, 5.74) is 5.57. The molecule has 1 aromatic heterocycles. The molecule has 0 spiro atoms. The summed E-state index contributed by atoms with van der Waals surface area (Å²) < 4.78 is 0. The van der Waals surface area contributed by atoms with E-state index in [0.29, 0.717) is 23.8 Å². The number of nitrogens with two attached hydrogens (primary N) is 1. The average molecular weight is 286 g/mol. The largest absolute Gasteiger partial charge is 0.382 e. The van der Waals surface area contributed by atoms with Crippen molar-refractivity contribution in [3.63, 3.8) is 0 Å². The lowest BCUT2D eigenvalue weighted by atomic mass is 10.2. The van der Waals surface area contributed by atoms with Crippen LogP contribution < -0.4 is 11.1 Å². The number of nitrogen functional groups attached to an aromatic ring is 1. The van der Waals surface area contributed by atoms with Crippen molar-refractivity contribution in [3.05, 3.63) is 11.3 Å². The number of anilines is 2. The first-order chi connectivity index (χ1) is 9.10. The standard InChI is InChI=1S/C12H20ClN5O/c1-3-18(4-2)9(19)6-5-7-15-12-10(13)11(14)16-8-17-12/h8H,3-7H2,1-2H3,(H3,14,15,16,17). The Morgan fingerprint density at radius 1 is 1.42 bits per heavy atom. The van der Waals surface area contributed by atoms with Gasteiger partial charge in [-0.05, 0) is 20.3 Å². The fourth-order valence-electron chi connectivity index (χ4n) is 1.69. The SMILES string of the molecule is CCN(CC)C(=O)CCCNc1ncnc(N)c1Cl. The van der Waals surface area contributed by atoms with E-state index in [9.17, 15) is 4.79 Å². The Labute approximate surface area is 118 Å². The molecule has 0 atom stereocenters. The molecular formula is C12H20ClN5O. The van der Waals surface area contributed by atoms with Gasteiger partial charge in [0, 0.05) is 26.1 Å². The summed E-state index contributed by atoms with van der Waals surface area (Å²) in [6, 6.07) is 0. The Balaban J connectivity index is 2.35. The van der Waals surface area contributed by atoms with Gasteiger partial charge in [0.2, 0.25) is 5.91 Å². The summed E-state index contributed by atoms with van der Waals surface area (Å²) in [5.74, 6) is 0.919. The molecule has 1 rings (SSSR count). The number of nitrogens with one attached hydrogen (secondary N) is 1. The molecule has 106 valence electrons. The topological polar surface area (TPSA) is 84.1 Å². The third kappa shape index (κ3) is 4.55. The summed E-state index contributed by atoms with van der Waals surface area (Å²) in [6.45, 7) is 6.06. The van der Waals surface area contributed by atoms with Crippen molar-refractivity contribution >= 4 is 29.1 Å². The lowest BCUT2D eigenvalue weighted by Gasteiger charge is -2.18. The van der Waals surface area contributed by atoms with E-state index < -0.39 is 0 Å². The normalized spacial score (nSPS) is 10.3. The van der Waals surface area contributed by atoms with Crippen LogP contribution in [0.15, 0.2) is 6.33 Å². The van der Waals surface area contributed by atoms with Crippen molar-refractivity contribution in [2.45, 2.75) is 26.7 Å². The molecule has 0 saturated carbocycles. The van der Waals surface area contributed by atoms with Gasteiger partial charge in [-0.2, -0.15) is 0 Å². The number of carbonyl (C=O) groups excluding carboxylic acids is 1. The van der Waals surface area contributed by atoms with Gasteiger partial charge in [0.1, 0.15) is 23.0 Å². The molecule has 0 bridgehead atoms. The molecule has 19 heavy (non-hydrogen) atoms. The van der Waals surface area contributed by atoms with Gasteiger partial charge in [-0.15, -0.1) is 0 Å². The summed E-state index contributed by atoms with van der Waals surface area (Å²) in [7, 11) is 0. The van der Waals surface area contributed by atoms with Gasteiger partial charge in [-0.1, -0.05) is 11.6 Å². The lowest BCUT2D eigenvalue weighted by Crippen LogP contribution is -2.30. The highest BCUT2D eigenvalue weighted by Gasteiger charge is 2.09. The van der Waals surface area contributed by atoms with Crippen LogP contribution >= 0.6 is 11.6 Å². The maximum atomic E-state index is 11.8. The minimum absolute atomic E-state index is 0.167. The monoisotopic (exact) mass is 285 g/mol. The number of carbonyl (C=O) groups is 1. The van der Waals surface area contributed by atoms with Crippen LogP contribution in [0.25, 0.3) is 0 Å². The van der Waals surface area contributed by atoms with Gasteiger partial charge in [0.25, 0.3) is 0 Å². The van der Waals surface area contributed by atoms with Gasteiger partial charge in [-0.3, -0.25) is 4.79 Å². The number of hydrogen-bond acceptors (Lipinski definition) is 5. The van der Waals surface area contributed by atoms with Crippen LogP contribution in [0.2, 0.25) is 5.02 Å². The van der Waals surface area contributed by atoms with Crippen molar-refractivity contribution in [2.24, 2.45) is 0 Å². The Hall–Kier alpha value is -1.56. The van der Waals surface area contributed by atoms with Crippen molar-refractivity contribution in [1.29, 1.82) is 0 Å². The van der Waals surface area contributed by atoms with Crippen molar-refractivity contribution in [1.82, 2.24) is 14.9 Å². The van der Waals surface area contributed by atoms with E-state index in [1.807, 2.05) is 18.7 Å². The van der Waals surface area contributed by atoms with E-state index in [-0.39, 0.29) is 11.7 Å². The van der Waals surface area contributed by atoms with Gasteiger partial charge in [0.05, 0.1) is 0 Å². The molecule has 0 aliphatic heterocycles.